The minimum absolute atomic E-state index is 0.210. The monoisotopic (exact) mass is 313 g/mol. The van der Waals surface area contributed by atoms with E-state index in [-0.39, 0.29) is 11.9 Å². The van der Waals surface area contributed by atoms with Crippen LogP contribution in [0, 0.1) is 0 Å². The first kappa shape index (κ1) is 9.84. The van der Waals surface area contributed by atoms with Gasteiger partial charge in [-0.05, 0) is 31.0 Å². The Morgan fingerprint density at radius 1 is 1.50 bits per heavy atom. The van der Waals surface area contributed by atoms with E-state index in [1.165, 1.54) is 6.92 Å². The van der Waals surface area contributed by atoms with Crippen LogP contribution in [0.15, 0.2) is 28.7 Å². The van der Waals surface area contributed by atoms with Crippen molar-refractivity contribution in [3.8, 4) is 0 Å². The summed E-state index contributed by atoms with van der Waals surface area (Å²) in [5.41, 5.74) is 1.12. The number of carbonyl (C=O) groups is 1. The second-order valence-corrected chi connectivity index (χ2v) is 5.50. The van der Waals surface area contributed by atoms with E-state index in [0.29, 0.717) is 12.8 Å². The number of anilines is 1. The molecule has 1 heterocycles. The first-order valence-corrected chi connectivity index (χ1v) is 6.89. The summed E-state index contributed by atoms with van der Waals surface area (Å²) in [5.74, 6) is -0.379. The Balaban J connectivity index is 2.04. The Labute approximate surface area is 121 Å². The normalized spacial score (nSPS) is 19.9. The largest absolute Gasteiger partial charge is 0.371 e. The number of halogens is 1. The molecule has 4 heteroatoms. The molecule has 0 radical (unpaired) electrons. The first-order valence-electron chi connectivity index (χ1n) is 7.59. The Morgan fingerprint density at radius 3 is 2.78 bits per heavy atom. The number of nitrogens with zero attached hydrogens (tertiary/aromatic N) is 2. The zero-order valence-corrected chi connectivity index (χ0v) is 12.0. The highest BCUT2D eigenvalue weighted by atomic mass is 79.9. The fraction of sp³-hybridized carbons (Fsp3) is 0.500. The molecule has 18 heavy (non-hydrogen) atoms. The third-order valence-corrected chi connectivity index (χ3v) is 3.84. The number of amides is 1. The molecular formula is C14H19BrN2O. The summed E-state index contributed by atoms with van der Waals surface area (Å²) < 4.78 is 23.6. The van der Waals surface area contributed by atoms with Crippen molar-refractivity contribution >= 4 is 27.5 Å². The van der Waals surface area contributed by atoms with Crippen LogP contribution in [-0.2, 0) is 4.79 Å². The smallest absolute Gasteiger partial charge is 0.219 e. The summed E-state index contributed by atoms with van der Waals surface area (Å²) in [7, 11) is 0. The molecule has 98 valence electrons. The summed E-state index contributed by atoms with van der Waals surface area (Å²) in [4.78, 5) is 14.9. The van der Waals surface area contributed by atoms with Crippen LogP contribution in [0.25, 0.3) is 0 Å². The highest BCUT2D eigenvalue weighted by molar-refractivity contribution is 9.10. The molecule has 0 N–H and O–H groups in total. The van der Waals surface area contributed by atoms with E-state index in [9.17, 15) is 4.79 Å². The molecule has 0 unspecified atom stereocenters. The molecule has 2 rings (SSSR count). The molecule has 0 bridgehead atoms. The van der Waals surface area contributed by atoms with Crippen molar-refractivity contribution < 1.29 is 8.91 Å². The van der Waals surface area contributed by atoms with E-state index >= 15 is 0 Å². The lowest BCUT2D eigenvalue weighted by Crippen LogP contribution is -2.45. The predicted molar refractivity (Wildman–Crippen MR) is 77.8 cm³/mol. The maximum Gasteiger partial charge on any atom is 0.219 e. The average Bonchev–Trinajstić information content (AvgIpc) is 2.37. The van der Waals surface area contributed by atoms with Gasteiger partial charge in [-0.1, -0.05) is 22.0 Å². The average molecular weight is 314 g/mol. The molecule has 1 aliphatic heterocycles. The maximum absolute atomic E-state index is 11.6. The molecule has 1 saturated heterocycles. The molecule has 0 saturated carbocycles. The molecule has 1 aliphatic rings. The Kier molecular flexibility index (Phi) is 3.14. The number of rotatable bonds is 2. The lowest BCUT2D eigenvalue weighted by molar-refractivity contribution is -0.129. The van der Waals surface area contributed by atoms with Crippen molar-refractivity contribution in [2.24, 2.45) is 0 Å². The van der Waals surface area contributed by atoms with Gasteiger partial charge in [-0.25, -0.2) is 0 Å². The molecule has 1 aromatic carbocycles. The minimum atomic E-state index is -2.35. The van der Waals surface area contributed by atoms with E-state index in [4.69, 9.17) is 4.11 Å². The lowest BCUT2D eigenvalue weighted by atomic mass is 10.0. The Morgan fingerprint density at radius 2 is 2.22 bits per heavy atom. The SMILES string of the molecule is [2H]C([2H])([2H])N(C(C)=O)C1CCN(c2cccc(Br)c2)CC1. The van der Waals surface area contributed by atoms with Crippen LogP contribution in [-0.4, -0.2) is 36.9 Å². The zero-order valence-electron chi connectivity index (χ0n) is 13.4. The summed E-state index contributed by atoms with van der Waals surface area (Å²) in [6, 6.07) is 7.83. The van der Waals surface area contributed by atoms with Gasteiger partial charge in [0.05, 0.1) is 0 Å². The molecule has 0 aliphatic carbocycles. The van der Waals surface area contributed by atoms with E-state index in [1.807, 2.05) is 24.3 Å². The molecule has 1 fully saturated rings. The van der Waals surface area contributed by atoms with Crippen LogP contribution in [0.2, 0.25) is 0 Å². The van der Waals surface area contributed by atoms with Crippen LogP contribution in [0.3, 0.4) is 0 Å². The summed E-state index contributed by atoms with van der Waals surface area (Å²) >= 11 is 3.46. The molecule has 1 amide bonds. The highest BCUT2D eigenvalue weighted by Crippen LogP contribution is 2.24. The summed E-state index contributed by atoms with van der Waals surface area (Å²) in [6.45, 7) is 0.476. The van der Waals surface area contributed by atoms with Gasteiger partial charge in [0.25, 0.3) is 0 Å². The summed E-state index contributed by atoms with van der Waals surface area (Å²) in [6.07, 6.45) is 1.34. The van der Waals surface area contributed by atoms with Gasteiger partial charge in [0.2, 0.25) is 5.91 Å². The van der Waals surface area contributed by atoms with E-state index < -0.39 is 6.98 Å². The van der Waals surface area contributed by atoms with Gasteiger partial charge >= 0.3 is 0 Å². The van der Waals surface area contributed by atoms with Crippen LogP contribution < -0.4 is 4.90 Å². The van der Waals surface area contributed by atoms with Crippen LogP contribution in [0.1, 0.15) is 23.9 Å². The van der Waals surface area contributed by atoms with Gasteiger partial charge in [-0.2, -0.15) is 0 Å². The number of hydrogen-bond donors (Lipinski definition) is 0. The number of benzene rings is 1. The second kappa shape index (κ2) is 5.74. The lowest BCUT2D eigenvalue weighted by Gasteiger charge is -2.37. The molecule has 0 atom stereocenters. The topological polar surface area (TPSA) is 23.6 Å². The second-order valence-electron chi connectivity index (χ2n) is 4.59. The van der Waals surface area contributed by atoms with Crippen molar-refractivity contribution in [1.82, 2.24) is 4.90 Å². The van der Waals surface area contributed by atoms with Crippen LogP contribution >= 0.6 is 15.9 Å². The molecule has 0 spiro atoms. The van der Waals surface area contributed by atoms with Crippen LogP contribution in [0.4, 0.5) is 5.69 Å². The van der Waals surface area contributed by atoms with Crippen molar-refractivity contribution in [2.45, 2.75) is 25.8 Å². The molecular weight excluding hydrogens is 292 g/mol. The van der Waals surface area contributed by atoms with Crippen molar-refractivity contribution in [1.29, 1.82) is 0 Å². The van der Waals surface area contributed by atoms with E-state index in [2.05, 4.69) is 20.8 Å². The third kappa shape index (κ3) is 3.05. The van der Waals surface area contributed by atoms with Crippen molar-refractivity contribution in [2.75, 3.05) is 25.0 Å². The van der Waals surface area contributed by atoms with Gasteiger partial charge in [0.1, 0.15) is 0 Å². The third-order valence-electron chi connectivity index (χ3n) is 3.34. The Hall–Kier alpha value is -1.03. The highest BCUT2D eigenvalue weighted by Gasteiger charge is 2.23. The van der Waals surface area contributed by atoms with Gasteiger partial charge < -0.3 is 9.80 Å². The number of hydrogen-bond acceptors (Lipinski definition) is 2. The van der Waals surface area contributed by atoms with E-state index in [0.717, 1.165) is 28.1 Å². The summed E-state index contributed by atoms with van der Waals surface area (Å²) in [5, 5.41) is 0. The van der Waals surface area contributed by atoms with Crippen molar-refractivity contribution in [3.63, 3.8) is 0 Å². The zero-order chi connectivity index (χ0) is 15.6. The fourth-order valence-corrected chi connectivity index (χ4v) is 2.70. The van der Waals surface area contributed by atoms with Crippen LogP contribution in [0.5, 0.6) is 0 Å². The first-order chi connectivity index (χ1) is 9.79. The molecule has 1 aromatic rings. The minimum Gasteiger partial charge on any atom is -0.371 e. The van der Waals surface area contributed by atoms with Gasteiger partial charge in [0.15, 0.2) is 0 Å². The quantitative estimate of drug-likeness (QED) is 0.838. The van der Waals surface area contributed by atoms with Gasteiger partial charge in [-0.15, -0.1) is 0 Å². The number of piperidine rings is 1. The molecule has 0 aromatic heterocycles. The standard InChI is InChI=1S/C14H19BrN2O/c1-11(18)16(2)13-6-8-17(9-7-13)14-5-3-4-12(15)10-14/h3-5,10,13H,6-9H2,1-2H3/i2D3. The Bertz CT molecular complexity index is 513. The number of carbonyl (C=O) groups excluding carboxylic acids is 1. The van der Waals surface area contributed by atoms with Gasteiger partial charge in [0, 0.05) is 47.3 Å². The van der Waals surface area contributed by atoms with E-state index in [1.54, 1.807) is 0 Å². The van der Waals surface area contributed by atoms with Crippen molar-refractivity contribution in [3.05, 3.63) is 28.7 Å². The fourth-order valence-electron chi connectivity index (χ4n) is 2.31. The maximum atomic E-state index is 11.6. The van der Waals surface area contributed by atoms with Gasteiger partial charge in [-0.3, -0.25) is 4.79 Å². The predicted octanol–water partition coefficient (Wildman–Crippen LogP) is 2.90. The molecule has 3 nitrogen and oxygen atoms in total.